The van der Waals surface area contributed by atoms with E-state index in [0.29, 0.717) is 36.9 Å². The highest BCUT2D eigenvalue weighted by atomic mass is 16.5. The van der Waals surface area contributed by atoms with Gasteiger partial charge in [0.2, 0.25) is 0 Å². The molecule has 4 nitrogen and oxygen atoms in total. The van der Waals surface area contributed by atoms with Crippen molar-refractivity contribution < 1.29 is 19.1 Å². The van der Waals surface area contributed by atoms with E-state index in [1.165, 1.54) is 12.8 Å². The summed E-state index contributed by atoms with van der Waals surface area (Å²) in [6.07, 6.45) is 7.90. The van der Waals surface area contributed by atoms with Crippen molar-refractivity contribution in [3.05, 3.63) is 0 Å². The number of rotatable bonds is 8. The molecule has 4 bridgehead atoms. The van der Waals surface area contributed by atoms with Crippen molar-refractivity contribution >= 4 is 11.8 Å². The molecule has 6 unspecified atom stereocenters. The number of hydrogen-bond donors (Lipinski definition) is 0. The smallest absolute Gasteiger partial charge is 0.309 e. The van der Waals surface area contributed by atoms with Crippen molar-refractivity contribution in [3.63, 3.8) is 0 Å². The number of ether oxygens (including phenoxy) is 2. The average molecular weight is 322 g/mol. The average Bonchev–Trinajstić information content (AvgIpc) is 2.58. The van der Waals surface area contributed by atoms with Crippen LogP contribution in [0.5, 0.6) is 0 Å². The number of ketones is 1. The first-order valence-corrected chi connectivity index (χ1v) is 9.48. The zero-order chi connectivity index (χ0) is 16.4. The van der Waals surface area contributed by atoms with Gasteiger partial charge in [-0.2, -0.15) is 0 Å². The molecule has 2 heterocycles. The van der Waals surface area contributed by atoms with Crippen LogP contribution in [0, 0.1) is 23.7 Å². The van der Waals surface area contributed by atoms with Crippen LogP contribution >= 0.6 is 0 Å². The molecule has 5 aliphatic rings. The van der Waals surface area contributed by atoms with Crippen LogP contribution in [0.3, 0.4) is 0 Å². The summed E-state index contributed by atoms with van der Waals surface area (Å²) in [4.78, 5) is 25.0. The van der Waals surface area contributed by atoms with Gasteiger partial charge in [0.1, 0.15) is 6.10 Å². The monoisotopic (exact) mass is 322 g/mol. The summed E-state index contributed by atoms with van der Waals surface area (Å²) < 4.78 is 11.3. The van der Waals surface area contributed by atoms with Gasteiger partial charge in [0.15, 0.2) is 5.78 Å². The van der Waals surface area contributed by atoms with E-state index >= 15 is 0 Å². The van der Waals surface area contributed by atoms with Crippen molar-refractivity contribution in [2.45, 2.75) is 77.4 Å². The maximum absolute atomic E-state index is 12.8. The SMILES string of the molecule is CCCCC(CC(=O)C1OC2CC3CCC2CC31)C(=O)OCC. The summed E-state index contributed by atoms with van der Waals surface area (Å²) in [5.74, 6) is 1.39. The van der Waals surface area contributed by atoms with Crippen LogP contribution in [-0.2, 0) is 19.1 Å². The molecule has 0 amide bonds. The van der Waals surface area contributed by atoms with Crippen LogP contribution in [0.4, 0.5) is 0 Å². The van der Waals surface area contributed by atoms with Gasteiger partial charge in [0, 0.05) is 6.42 Å². The molecular weight excluding hydrogens is 292 g/mol. The predicted molar refractivity (Wildman–Crippen MR) is 86.9 cm³/mol. The van der Waals surface area contributed by atoms with Crippen LogP contribution in [0.15, 0.2) is 0 Å². The number of fused-ring (bicyclic) bond motifs is 2. The van der Waals surface area contributed by atoms with E-state index in [9.17, 15) is 9.59 Å². The van der Waals surface area contributed by atoms with Crippen molar-refractivity contribution in [2.75, 3.05) is 6.61 Å². The molecule has 2 saturated heterocycles. The molecule has 23 heavy (non-hydrogen) atoms. The Morgan fingerprint density at radius 3 is 2.57 bits per heavy atom. The number of unbranched alkanes of at least 4 members (excludes halogenated alkanes) is 1. The van der Waals surface area contributed by atoms with Gasteiger partial charge in [-0.1, -0.05) is 19.8 Å². The third-order valence-corrected chi connectivity index (χ3v) is 6.15. The number of carbonyl (C=O) groups is 2. The van der Waals surface area contributed by atoms with Gasteiger partial charge in [-0.25, -0.2) is 0 Å². The molecule has 5 fully saturated rings. The van der Waals surface area contributed by atoms with Crippen molar-refractivity contribution in [1.82, 2.24) is 0 Å². The Hall–Kier alpha value is -0.900. The highest BCUT2D eigenvalue weighted by Crippen LogP contribution is 2.53. The fourth-order valence-corrected chi connectivity index (χ4v) is 4.94. The van der Waals surface area contributed by atoms with Gasteiger partial charge in [-0.15, -0.1) is 0 Å². The quantitative estimate of drug-likeness (QED) is 0.642. The first kappa shape index (κ1) is 16.9. The minimum Gasteiger partial charge on any atom is -0.466 e. The highest BCUT2D eigenvalue weighted by Gasteiger charge is 2.53. The van der Waals surface area contributed by atoms with Crippen molar-refractivity contribution in [1.29, 1.82) is 0 Å². The van der Waals surface area contributed by atoms with E-state index in [4.69, 9.17) is 9.47 Å². The lowest BCUT2D eigenvalue weighted by Gasteiger charge is -2.55. The molecule has 0 radical (unpaired) electrons. The van der Waals surface area contributed by atoms with E-state index in [1.807, 2.05) is 6.92 Å². The molecule has 2 aliphatic heterocycles. The van der Waals surface area contributed by atoms with E-state index in [2.05, 4.69) is 6.92 Å². The van der Waals surface area contributed by atoms with E-state index in [-0.39, 0.29) is 23.8 Å². The summed E-state index contributed by atoms with van der Waals surface area (Å²) in [5, 5.41) is 0. The second kappa shape index (κ2) is 7.33. The Bertz CT molecular complexity index is 447. The molecule has 6 atom stereocenters. The van der Waals surface area contributed by atoms with Gasteiger partial charge < -0.3 is 9.47 Å². The molecule has 0 aromatic heterocycles. The van der Waals surface area contributed by atoms with Gasteiger partial charge in [-0.05, 0) is 56.8 Å². The van der Waals surface area contributed by atoms with Gasteiger partial charge in [0.25, 0.3) is 0 Å². The maximum atomic E-state index is 12.8. The van der Waals surface area contributed by atoms with Gasteiger partial charge in [-0.3, -0.25) is 9.59 Å². The molecule has 3 saturated carbocycles. The molecular formula is C19H30O4. The zero-order valence-electron chi connectivity index (χ0n) is 14.5. The number of carbonyl (C=O) groups excluding carboxylic acids is 2. The maximum Gasteiger partial charge on any atom is 0.309 e. The first-order valence-electron chi connectivity index (χ1n) is 9.48. The molecule has 130 valence electrons. The van der Waals surface area contributed by atoms with E-state index in [0.717, 1.165) is 32.1 Å². The van der Waals surface area contributed by atoms with E-state index in [1.54, 1.807) is 0 Å². The van der Waals surface area contributed by atoms with Gasteiger partial charge in [0.05, 0.1) is 18.6 Å². The third kappa shape index (κ3) is 3.47. The Kier molecular flexibility index (Phi) is 5.40. The standard InChI is InChI=1S/C19H30O4/c1-3-5-6-14(19(21)22-4-2)10-16(20)18-15-9-13-8-7-12(15)11-17(13)23-18/h12-15,17-18H,3-11H2,1-2H3. The Morgan fingerprint density at radius 2 is 1.96 bits per heavy atom. The van der Waals surface area contributed by atoms with Crippen molar-refractivity contribution in [3.8, 4) is 0 Å². The number of Topliss-reactive ketones (excluding diaryl/α,β-unsaturated/α-hetero) is 1. The Balaban J connectivity index is 1.61. The number of hydrogen-bond acceptors (Lipinski definition) is 4. The lowest BCUT2D eigenvalue weighted by atomic mass is 9.59. The topological polar surface area (TPSA) is 52.6 Å². The Labute approximate surface area is 139 Å². The molecule has 0 N–H and O–H groups in total. The summed E-state index contributed by atoms with van der Waals surface area (Å²) in [6, 6.07) is 0. The molecule has 0 aromatic rings. The lowest BCUT2D eigenvalue weighted by Crippen LogP contribution is -2.57. The molecule has 3 aliphatic carbocycles. The Morgan fingerprint density at radius 1 is 1.17 bits per heavy atom. The molecule has 4 heteroatoms. The summed E-state index contributed by atoms with van der Waals surface area (Å²) >= 11 is 0. The predicted octanol–water partition coefficient (Wildman–Crippen LogP) is 3.52. The van der Waals surface area contributed by atoms with E-state index < -0.39 is 0 Å². The summed E-state index contributed by atoms with van der Waals surface area (Å²) in [5.41, 5.74) is 0. The fourth-order valence-electron chi connectivity index (χ4n) is 4.94. The normalized spacial score (nSPS) is 36.0. The largest absolute Gasteiger partial charge is 0.466 e. The summed E-state index contributed by atoms with van der Waals surface area (Å²) in [7, 11) is 0. The van der Waals surface area contributed by atoms with Crippen LogP contribution in [0.2, 0.25) is 0 Å². The second-order valence-electron chi connectivity index (χ2n) is 7.59. The van der Waals surface area contributed by atoms with Crippen LogP contribution in [-0.4, -0.2) is 30.6 Å². The summed E-state index contributed by atoms with van der Waals surface area (Å²) in [6.45, 7) is 4.30. The second-order valence-corrected chi connectivity index (χ2v) is 7.59. The number of esters is 1. The third-order valence-electron chi connectivity index (χ3n) is 6.15. The van der Waals surface area contributed by atoms with Crippen LogP contribution in [0.25, 0.3) is 0 Å². The van der Waals surface area contributed by atoms with Crippen LogP contribution < -0.4 is 0 Å². The fraction of sp³-hybridized carbons (Fsp3) is 0.895. The minimum atomic E-state index is -0.288. The molecule has 0 aromatic carbocycles. The van der Waals surface area contributed by atoms with Crippen LogP contribution in [0.1, 0.15) is 65.2 Å². The molecule has 5 rings (SSSR count). The molecule has 0 spiro atoms. The highest BCUT2D eigenvalue weighted by molar-refractivity contribution is 5.88. The lowest BCUT2D eigenvalue weighted by molar-refractivity contribution is -0.205. The van der Waals surface area contributed by atoms with Crippen molar-refractivity contribution in [2.24, 2.45) is 23.7 Å². The first-order chi connectivity index (χ1) is 11.1. The minimum absolute atomic E-state index is 0.138. The van der Waals surface area contributed by atoms with Gasteiger partial charge >= 0.3 is 5.97 Å². The zero-order valence-corrected chi connectivity index (χ0v) is 14.5.